The maximum Gasteiger partial charge on any atom is 0.408 e. The van der Waals surface area contributed by atoms with Crippen molar-refractivity contribution in [1.29, 1.82) is 0 Å². The quantitative estimate of drug-likeness (QED) is 0.315. The highest BCUT2D eigenvalue weighted by Gasteiger charge is 2.42. The molecule has 2 amide bonds. The number of hydrogen-bond donors (Lipinski definition) is 3. The van der Waals surface area contributed by atoms with Gasteiger partial charge in [0.15, 0.2) is 0 Å². The fourth-order valence-electron chi connectivity index (χ4n) is 5.42. The van der Waals surface area contributed by atoms with Gasteiger partial charge in [-0.1, -0.05) is 91.0 Å². The molecular formula is C32H39N3O4. The number of rotatable bonds is 11. The van der Waals surface area contributed by atoms with E-state index in [0.717, 1.165) is 29.5 Å². The predicted octanol–water partition coefficient (Wildman–Crippen LogP) is 4.59. The van der Waals surface area contributed by atoms with Crippen LogP contribution in [0.5, 0.6) is 0 Å². The van der Waals surface area contributed by atoms with E-state index >= 15 is 0 Å². The second kappa shape index (κ2) is 13.9. The fourth-order valence-corrected chi connectivity index (χ4v) is 5.42. The lowest BCUT2D eigenvalue weighted by Gasteiger charge is -2.43. The van der Waals surface area contributed by atoms with Crippen LogP contribution in [0.1, 0.15) is 48.8 Å². The molecule has 7 heteroatoms. The zero-order valence-corrected chi connectivity index (χ0v) is 22.4. The third kappa shape index (κ3) is 7.25. The number of nitrogens with two attached hydrogens (primary N) is 1. The van der Waals surface area contributed by atoms with Crippen LogP contribution in [0.25, 0.3) is 0 Å². The van der Waals surface area contributed by atoms with E-state index in [4.69, 9.17) is 10.5 Å². The summed E-state index contributed by atoms with van der Waals surface area (Å²) in [5.41, 5.74) is 7.09. The number of piperidine rings is 1. The highest BCUT2D eigenvalue weighted by atomic mass is 16.5. The number of hydrogen-bond acceptors (Lipinski definition) is 5. The van der Waals surface area contributed by atoms with E-state index in [1.807, 2.05) is 91.0 Å². The van der Waals surface area contributed by atoms with E-state index in [1.54, 1.807) is 4.90 Å². The lowest BCUT2D eigenvalue weighted by Crippen LogP contribution is -2.52. The van der Waals surface area contributed by atoms with Gasteiger partial charge in [-0.25, -0.2) is 4.79 Å². The minimum Gasteiger partial charge on any atom is -0.445 e. The highest BCUT2D eigenvalue weighted by Crippen LogP contribution is 2.42. The number of benzene rings is 3. The average molecular weight is 530 g/mol. The van der Waals surface area contributed by atoms with Crippen molar-refractivity contribution in [3.63, 3.8) is 0 Å². The third-order valence-corrected chi connectivity index (χ3v) is 7.58. The van der Waals surface area contributed by atoms with Gasteiger partial charge in [0.1, 0.15) is 18.2 Å². The molecule has 0 bridgehead atoms. The first kappa shape index (κ1) is 28.3. The van der Waals surface area contributed by atoms with Crippen LogP contribution in [0.15, 0.2) is 91.0 Å². The van der Waals surface area contributed by atoms with Gasteiger partial charge in [0, 0.05) is 13.1 Å². The molecule has 0 aliphatic carbocycles. The first-order valence-electron chi connectivity index (χ1n) is 13.8. The van der Waals surface area contributed by atoms with Crippen LogP contribution in [0.2, 0.25) is 0 Å². The van der Waals surface area contributed by atoms with Crippen molar-refractivity contribution in [1.82, 2.24) is 10.2 Å². The number of carbonyl (C=O) groups excluding carboxylic acids is 2. The Hall–Kier alpha value is -3.68. The molecule has 1 unspecified atom stereocenters. The first-order chi connectivity index (χ1) is 19.0. The van der Waals surface area contributed by atoms with Crippen LogP contribution >= 0.6 is 0 Å². The van der Waals surface area contributed by atoms with Crippen LogP contribution in [-0.2, 0) is 21.7 Å². The van der Waals surface area contributed by atoms with Crippen LogP contribution < -0.4 is 11.1 Å². The Kier molecular flexibility index (Phi) is 10.1. The lowest BCUT2D eigenvalue weighted by atomic mass is 9.72. The monoisotopic (exact) mass is 529 g/mol. The third-order valence-electron chi connectivity index (χ3n) is 7.58. The van der Waals surface area contributed by atoms with Gasteiger partial charge in [-0.3, -0.25) is 4.79 Å². The minimum absolute atomic E-state index is 0.0640. The largest absolute Gasteiger partial charge is 0.445 e. The zero-order valence-electron chi connectivity index (χ0n) is 22.4. The topological polar surface area (TPSA) is 105 Å². The molecule has 1 aliphatic rings. The van der Waals surface area contributed by atoms with Crippen molar-refractivity contribution in [2.24, 2.45) is 11.7 Å². The SMILES string of the molecule is NCCCCC(NC(=O)OCc1ccccc1)C(=O)N1CCC(C(O)(c2ccccc2)c2ccccc2)CC1. The number of amides is 2. The van der Waals surface area contributed by atoms with Gasteiger partial charge in [-0.05, 0) is 61.3 Å². The van der Waals surface area contributed by atoms with Crippen LogP contribution in [0.4, 0.5) is 4.79 Å². The van der Waals surface area contributed by atoms with E-state index < -0.39 is 17.7 Å². The van der Waals surface area contributed by atoms with Crippen molar-refractivity contribution in [2.45, 2.75) is 50.4 Å². The molecule has 0 saturated carbocycles. The minimum atomic E-state index is -1.16. The normalized spacial score (nSPS) is 15.0. The highest BCUT2D eigenvalue weighted by molar-refractivity contribution is 5.85. The number of carbonyl (C=O) groups is 2. The molecule has 1 aliphatic heterocycles. The smallest absolute Gasteiger partial charge is 0.408 e. The molecule has 3 aromatic rings. The summed E-state index contributed by atoms with van der Waals surface area (Å²) in [5, 5.41) is 14.9. The molecular weight excluding hydrogens is 490 g/mol. The fraction of sp³-hybridized carbons (Fsp3) is 0.375. The average Bonchev–Trinajstić information content (AvgIpc) is 3.00. The van der Waals surface area contributed by atoms with E-state index in [0.29, 0.717) is 38.9 Å². The molecule has 0 radical (unpaired) electrons. The first-order valence-corrected chi connectivity index (χ1v) is 13.8. The standard InChI is InChI=1S/C32H39N3O4/c33-21-11-10-18-29(34-31(37)39-24-25-12-4-1-5-13-25)30(36)35-22-19-28(20-23-35)32(38,26-14-6-2-7-15-26)27-16-8-3-9-17-27/h1-9,12-17,28-29,38H,10-11,18-24,33H2,(H,34,37). The maximum atomic E-state index is 13.6. The predicted molar refractivity (Wildman–Crippen MR) is 152 cm³/mol. The van der Waals surface area contributed by atoms with Crippen molar-refractivity contribution in [2.75, 3.05) is 19.6 Å². The molecule has 3 aromatic carbocycles. The summed E-state index contributed by atoms with van der Waals surface area (Å²) in [4.78, 5) is 27.9. The molecule has 4 N–H and O–H groups in total. The van der Waals surface area contributed by atoms with Gasteiger partial charge in [-0.15, -0.1) is 0 Å². The summed E-state index contributed by atoms with van der Waals surface area (Å²) >= 11 is 0. The van der Waals surface area contributed by atoms with E-state index in [-0.39, 0.29) is 18.4 Å². The number of nitrogens with one attached hydrogen (secondary N) is 1. The van der Waals surface area contributed by atoms with E-state index in [1.165, 1.54) is 0 Å². The van der Waals surface area contributed by atoms with E-state index in [2.05, 4.69) is 5.32 Å². The maximum absolute atomic E-state index is 13.6. The van der Waals surface area contributed by atoms with Crippen molar-refractivity contribution < 1.29 is 19.4 Å². The second-order valence-electron chi connectivity index (χ2n) is 10.1. The number of aliphatic hydroxyl groups is 1. The van der Waals surface area contributed by atoms with Crippen LogP contribution in [-0.4, -0.2) is 47.7 Å². The molecule has 206 valence electrons. The van der Waals surface area contributed by atoms with Gasteiger partial charge >= 0.3 is 6.09 Å². The van der Waals surface area contributed by atoms with Gasteiger partial charge in [0.05, 0.1) is 0 Å². The lowest BCUT2D eigenvalue weighted by molar-refractivity contribution is -0.136. The molecule has 1 fully saturated rings. The van der Waals surface area contributed by atoms with Crippen molar-refractivity contribution in [3.05, 3.63) is 108 Å². The second-order valence-corrected chi connectivity index (χ2v) is 10.1. The number of ether oxygens (including phenoxy) is 1. The number of alkyl carbamates (subject to hydrolysis) is 1. The zero-order chi connectivity index (χ0) is 27.5. The Bertz CT molecular complexity index is 1130. The molecule has 4 rings (SSSR count). The Balaban J connectivity index is 1.42. The summed E-state index contributed by atoms with van der Waals surface area (Å²) in [6.45, 7) is 1.67. The van der Waals surface area contributed by atoms with E-state index in [9.17, 15) is 14.7 Å². The van der Waals surface area contributed by atoms with Crippen molar-refractivity contribution in [3.8, 4) is 0 Å². The molecule has 1 heterocycles. The summed E-state index contributed by atoms with van der Waals surface area (Å²) in [6.07, 6.45) is 2.66. The Morgan fingerprint density at radius 1 is 0.897 bits per heavy atom. The summed E-state index contributed by atoms with van der Waals surface area (Å²) < 4.78 is 5.38. The number of likely N-dealkylation sites (tertiary alicyclic amines) is 1. The summed E-state index contributed by atoms with van der Waals surface area (Å²) in [7, 11) is 0. The molecule has 1 saturated heterocycles. The molecule has 0 aromatic heterocycles. The van der Waals surface area contributed by atoms with Gasteiger partial charge in [0.25, 0.3) is 0 Å². The molecule has 0 spiro atoms. The molecule has 39 heavy (non-hydrogen) atoms. The Morgan fingerprint density at radius 3 is 1.97 bits per heavy atom. The van der Waals surface area contributed by atoms with Gasteiger partial charge < -0.3 is 25.8 Å². The number of nitrogens with zero attached hydrogens (tertiary/aromatic N) is 1. The van der Waals surface area contributed by atoms with Gasteiger partial charge in [-0.2, -0.15) is 0 Å². The van der Waals surface area contributed by atoms with Crippen LogP contribution in [0.3, 0.4) is 0 Å². The summed E-state index contributed by atoms with van der Waals surface area (Å²) in [5.74, 6) is -0.184. The van der Waals surface area contributed by atoms with Gasteiger partial charge in [0.2, 0.25) is 5.91 Å². The number of unbranched alkanes of at least 4 members (excludes halogenated alkanes) is 1. The summed E-state index contributed by atoms with van der Waals surface area (Å²) in [6, 6.07) is 28.3. The van der Waals surface area contributed by atoms with Crippen molar-refractivity contribution >= 4 is 12.0 Å². The Labute approximate surface area is 231 Å². The molecule has 1 atom stereocenters. The Morgan fingerprint density at radius 2 is 1.44 bits per heavy atom. The van der Waals surface area contributed by atoms with Crippen LogP contribution in [0, 0.1) is 5.92 Å². The molecule has 7 nitrogen and oxygen atoms in total.